The van der Waals surface area contributed by atoms with Crippen molar-refractivity contribution < 1.29 is 5.11 Å². The minimum atomic E-state index is 0.0787. The highest BCUT2D eigenvalue weighted by Crippen LogP contribution is 2.22. The molecular weight excluding hydrogens is 182 g/mol. The Morgan fingerprint density at radius 2 is 2.08 bits per heavy atom. The SMILES string of the molecule is OC[C@@H](c1cccs1)n1cccc1. The summed E-state index contributed by atoms with van der Waals surface area (Å²) < 4.78 is 2.02. The summed E-state index contributed by atoms with van der Waals surface area (Å²) in [6.07, 6.45) is 3.95. The van der Waals surface area contributed by atoms with Crippen molar-refractivity contribution in [2.45, 2.75) is 6.04 Å². The van der Waals surface area contributed by atoms with Crippen LogP contribution in [0.15, 0.2) is 42.0 Å². The Balaban J connectivity index is 2.29. The molecule has 0 bridgehead atoms. The van der Waals surface area contributed by atoms with Gasteiger partial charge in [0, 0.05) is 17.3 Å². The molecule has 2 nitrogen and oxygen atoms in total. The molecule has 0 saturated carbocycles. The van der Waals surface area contributed by atoms with E-state index in [1.165, 1.54) is 4.88 Å². The molecule has 0 amide bonds. The molecule has 2 rings (SSSR count). The number of rotatable bonds is 3. The topological polar surface area (TPSA) is 25.2 Å². The number of aliphatic hydroxyl groups excluding tert-OH is 1. The zero-order valence-corrected chi connectivity index (χ0v) is 7.95. The van der Waals surface area contributed by atoms with E-state index in [1.54, 1.807) is 11.3 Å². The maximum Gasteiger partial charge on any atom is 0.0902 e. The van der Waals surface area contributed by atoms with Gasteiger partial charge in [-0.15, -0.1) is 11.3 Å². The quantitative estimate of drug-likeness (QED) is 0.793. The van der Waals surface area contributed by atoms with Gasteiger partial charge in [-0.3, -0.25) is 0 Å². The molecule has 0 aliphatic carbocycles. The summed E-state index contributed by atoms with van der Waals surface area (Å²) in [7, 11) is 0. The maximum atomic E-state index is 9.26. The Morgan fingerprint density at radius 1 is 1.31 bits per heavy atom. The predicted molar refractivity (Wildman–Crippen MR) is 54.0 cm³/mol. The highest BCUT2D eigenvalue weighted by atomic mass is 32.1. The lowest BCUT2D eigenvalue weighted by molar-refractivity contribution is 0.251. The first kappa shape index (κ1) is 8.53. The second-order valence-corrected chi connectivity index (χ2v) is 3.82. The summed E-state index contributed by atoms with van der Waals surface area (Å²) in [4.78, 5) is 1.19. The average molecular weight is 193 g/mol. The molecule has 0 aliphatic rings. The van der Waals surface area contributed by atoms with Crippen LogP contribution in [0.3, 0.4) is 0 Å². The van der Waals surface area contributed by atoms with E-state index in [0.717, 1.165) is 0 Å². The monoisotopic (exact) mass is 193 g/mol. The second-order valence-electron chi connectivity index (χ2n) is 2.84. The van der Waals surface area contributed by atoms with Crippen LogP contribution in [-0.4, -0.2) is 16.3 Å². The highest BCUT2D eigenvalue weighted by Gasteiger charge is 2.11. The molecular formula is C10H11NOS. The van der Waals surface area contributed by atoms with Crippen molar-refractivity contribution >= 4 is 11.3 Å². The first-order valence-electron chi connectivity index (χ1n) is 4.18. The van der Waals surface area contributed by atoms with E-state index in [9.17, 15) is 5.11 Å². The molecule has 0 aromatic carbocycles. The van der Waals surface area contributed by atoms with Crippen molar-refractivity contribution in [3.8, 4) is 0 Å². The van der Waals surface area contributed by atoms with E-state index in [1.807, 2.05) is 46.6 Å². The summed E-state index contributed by atoms with van der Waals surface area (Å²) in [5.41, 5.74) is 0. The second kappa shape index (κ2) is 3.77. The van der Waals surface area contributed by atoms with Crippen LogP contribution in [0.5, 0.6) is 0 Å². The van der Waals surface area contributed by atoms with Gasteiger partial charge in [0.15, 0.2) is 0 Å². The Morgan fingerprint density at radius 3 is 2.62 bits per heavy atom. The molecule has 2 aromatic rings. The highest BCUT2D eigenvalue weighted by molar-refractivity contribution is 7.10. The zero-order valence-electron chi connectivity index (χ0n) is 7.13. The molecule has 68 valence electrons. The van der Waals surface area contributed by atoms with Gasteiger partial charge in [0.25, 0.3) is 0 Å². The Kier molecular flexibility index (Phi) is 2.47. The van der Waals surface area contributed by atoms with Gasteiger partial charge in [0.2, 0.25) is 0 Å². The van der Waals surface area contributed by atoms with Gasteiger partial charge in [-0.1, -0.05) is 6.07 Å². The van der Waals surface area contributed by atoms with E-state index in [-0.39, 0.29) is 12.6 Å². The van der Waals surface area contributed by atoms with Gasteiger partial charge in [-0.2, -0.15) is 0 Å². The number of aliphatic hydroxyl groups is 1. The van der Waals surface area contributed by atoms with Crippen molar-refractivity contribution in [3.05, 3.63) is 46.9 Å². The third kappa shape index (κ3) is 1.66. The van der Waals surface area contributed by atoms with Crippen molar-refractivity contribution in [1.82, 2.24) is 4.57 Å². The number of thiophene rings is 1. The molecule has 0 spiro atoms. The fourth-order valence-corrected chi connectivity index (χ4v) is 2.19. The van der Waals surface area contributed by atoms with Crippen LogP contribution >= 0.6 is 11.3 Å². The van der Waals surface area contributed by atoms with Crippen LogP contribution in [0.2, 0.25) is 0 Å². The minimum Gasteiger partial charge on any atom is -0.394 e. The average Bonchev–Trinajstić information content (AvgIpc) is 2.76. The van der Waals surface area contributed by atoms with E-state index >= 15 is 0 Å². The summed E-state index contributed by atoms with van der Waals surface area (Å²) >= 11 is 1.67. The normalized spacial score (nSPS) is 13.0. The van der Waals surface area contributed by atoms with Crippen LogP contribution in [-0.2, 0) is 0 Å². The molecule has 0 fully saturated rings. The van der Waals surface area contributed by atoms with Crippen LogP contribution in [0.25, 0.3) is 0 Å². The molecule has 2 aromatic heterocycles. The van der Waals surface area contributed by atoms with Crippen molar-refractivity contribution in [2.75, 3.05) is 6.61 Å². The third-order valence-electron chi connectivity index (χ3n) is 2.03. The van der Waals surface area contributed by atoms with Crippen LogP contribution < -0.4 is 0 Å². The standard InChI is InChI=1S/C10H11NOS/c12-8-9(10-4-3-7-13-10)11-5-1-2-6-11/h1-7,9,12H,8H2/t9-/m0/s1. The lowest BCUT2D eigenvalue weighted by Crippen LogP contribution is -2.11. The minimum absolute atomic E-state index is 0.0787. The van der Waals surface area contributed by atoms with Gasteiger partial charge in [-0.05, 0) is 23.6 Å². The smallest absolute Gasteiger partial charge is 0.0902 e. The molecule has 0 unspecified atom stereocenters. The van der Waals surface area contributed by atoms with Crippen LogP contribution in [0.4, 0.5) is 0 Å². The number of nitrogens with zero attached hydrogens (tertiary/aromatic N) is 1. The Bertz CT molecular complexity index is 305. The van der Waals surface area contributed by atoms with Crippen molar-refractivity contribution in [2.24, 2.45) is 0 Å². The number of aromatic nitrogens is 1. The van der Waals surface area contributed by atoms with Crippen molar-refractivity contribution in [3.63, 3.8) is 0 Å². The van der Waals surface area contributed by atoms with Gasteiger partial charge < -0.3 is 9.67 Å². The van der Waals surface area contributed by atoms with Crippen molar-refractivity contribution in [1.29, 1.82) is 0 Å². The molecule has 2 heterocycles. The first-order valence-corrected chi connectivity index (χ1v) is 5.06. The van der Waals surface area contributed by atoms with Gasteiger partial charge in [-0.25, -0.2) is 0 Å². The molecule has 0 aliphatic heterocycles. The maximum absolute atomic E-state index is 9.26. The van der Waals surface area contributed by atoms with Gasteiger partial charge in [0.05, 0.1) is 12.6 Å². The lowest BCUT2D eigenvalue weighted by atomic mass is 10.2. The van der Waals surface area contributed by atoms with Crippen LogP contribution in [0.1, 0.15) is 10.9 Å². The zero-order chi connectivity index (χ0) is 9.10. The molecule has 0 saturated heterocycles. The molecule has 3 heteroatoms. The van der Waals surface area contributed by atoms with E-state index in [2.05, 4.69) is 0 Å². The predicted octanol–water partition coefficient (Wildman–Crippen LogP) is 2.13. The number of hydrogen-bond donors (Lipinski definition) is 1. The Labute approximate surface area is 81.1 Å². The number of hydrogen-bond acceptors (Lipinski definition) is 2. The van der Waals surface area contributed by atoms with Gasteiger partial charge >= 0.3 is 0 Å². The lowest BCUT2D eigenvalue weighted by Gasteiger charge is -2.13. The van der Waals surface area contributed by atoms with E-state index in [4.69, 9.17) is 0 Å². The summed E-state index contributed by atoms with van der Waals surface area (Å²) in [6.45, 7) is 0.148. The Hall–Kier alpha value is -1.06. The van der Waals surface area contributed by atoms with Gasteiger partial charge in [0.1, 0.15) is 0 Å². The molecule has 1 atom stereocenters. The van der Waals surface area contributed by atoms with Crippen LogP contribution in [0, 0.1) is 0 Å². The third-order valence-corrected chi connectivity index (χ3v) is 3.01. The summed E-state index contributed by atoms with van der Waals surface area (Å²) in [5.74, 6) is 0. The van der Waals surface area contributed by atoms with E-state index < -0.39 is 0 Å². The fraction of sp³-hybridized carbons (Fsp3) is 0.200. The molecule has 0 radical (unpaired) electrons. The fourth-order valence-electron chi connectivity index (χ4n) is 1.37. The molecule has 1 N–H and O–H groups in total. The summed E-state index contributed by atoms with van der Waals surface area (Å²) in [6, 6.07) is 8.07. The first-order chi connectivity index (χ1) is 6.42. The largest absolute Gasteiger partial charge is 0.394 e. The summed E-state index contributed by atoms with van der Waals surface area (Å²) in [5, 5.41) is 11.3. The molecule has 13 heavy (non-hydrogen) atoms. The van der Waals surface area contributed by atoms with E-state index in [0.29, 0.717) is 0 Å².